The maximum absolute atomic E-state index is 6.03. The van der Waals surface area contributed by atoms with Crippen molar-refractivity contribution in [3.8, 4) is 11.3 Å². The number of anilines is 2. The Bertz CT molecular complexity index is 1040. The Labute approximate surface area is 155 Å². The van der Waals surface area contributed by atoms with Crippen LogP contribution in [0.3, 0.4) is 0 Å². The number of fused-ring (bicyclic) bond motifs is 1. The fourth-order valence-electron chi connectivity index (χ4n) is 2.75. The molecule has 0 amide bonds. The molecule has 0 radical (unpaired) electrons. The van der Waals surface area contributed by atoms with Crippen molar-refractivity contribution in [1.82, 2.24) is 9.38 Å². The average molecular weight is 368 g/mol. The first-order chi connectivity index (χ1) is 12.1. The van der Waals surface area contributed by atoms with Gasteiger partial charge in [-0.25, -0.2) is 4.98 Å². The number of nitrogens with zero attached hydrogens (tertiary/aromatic N) is 2. The predicted molar refractivity (Wildman–Crippen MR) is 105 cm³/mol. The zero-order chi connectivity index (χ0) is 17.4. The lowest BCUT2D eigenvalue weighted by Gasteiger charge is -2.09. The summed E-state index contributed by atoms with van der Waals surface area (Å²) in [5.41, 5.74) is 4.86. The molecule has 0 atom stereocenters. The van der Waals surface area contributed by atoms with Crippen LogP contribution in [0.5, 0.6) is 0 Å². The number of pyridine rings is 1. The van der Waals surface area contributed by atoms with Gasteiger partial charge in [-0.05, 0) is 55.0 Å². The zero-order valence-corrected chi connectivity index (χ0v) is 15.0. The third kappa shape index (κ3) is 3.21. The highest BCUT2D eigenvalue weighted by Crippen LogP contribution is 2.32. The van der Waals surface area contributed by atoms with Gasteiger partial charge < -0.3 is 5.32 Å². The first-order valence-corrected chi connectivity index (χ1v) is 8.63. The van der Waals surface area contributed by atoms with E-state index in [2.05, 4.69) is 28.9 Å². The number of nitrogens with one attached hydrogen (secondary N) is 1. The fourth-order valence-corrected chi connectivity index (χ4v) is 3.00. The topological polar surface area (TPSA) is 29.3 Å². The van der Waals surface area contributed by atoms with Gasteiger partial charge >= 0.3 is 0 Å². The monoisotopic (exact) mass is 367 g/mol. The molecule has 0 aliphatic heterocycles. The lowest BCUT2D eigenvalue weighted by molar-refractivity contribution is 1.16. The summed E-state index contributed by atoms with van der Waals surface area (Å²) in [6, 6.07) is 19.4. The van der Waals surface area contributed by atoms with Gasteiger partial charge in [0.25, 0.3) is 0 Å². The van der Waals surface area contributed by atoms with Crippen LogP contribution in [0.4, 0.5) is 11.5 Å². The smallest absolute Gasteiger partial charge is 0.143 e. The molecule has 2 aromatic heterocycles. The Kier molecular flexibility index (Phi) is 4.12. The van der Waals surface area contributed by atoms with E-state index in [-0.39, 0.29) is 0 Å². The molecule has 0 saturated carbocycles. The molecular formula is C20H15Cl2N3. The summed E-state index contributed by atoms with van der Waals surface area (Å²) >= 11 is 12.0. The molecule has 0 unspecified atom stereocenters. The van der Waals surface area contributed by atoms with Crippen molar-refractivity contribution in [2.24, 2.45) is 0 Å². The molecule has 0 fully saturated rings. The summed E-state index contributed by atoms with van der Waals surface area (Å²) in [5.74, 6) is 0.906. The lowest BCUT2D eigenvalue weighted by Crippen LogP contribution is -1.97. The average Bonchev–Trinajstić information content (AvgIpc) is 2.95. The fraction of sp³-hybridized carbons (Fsp3) is 0.0500. The van der Waals surface area contributed by atoms with E-state index < -0.39 is 0 Å². The van der Waals surface area contributed by atoms with Gasteiger partial charge in [-0.3, -0.25) is 4.40 Å². The van der Waals surface area contributed by atoms with E-state index in [1.807, 2.05) is 54.6 Å². The van der Waals surface area contributed by atoms with Crippen LogP contribution in [0.25, 0.3) is 16.9 Å². The van der Waals surface area contributed by atoms with Gasteiger partial charge in [-0.2, -0.15) is 0 Å². The molecule has 2 heterocycles. The number of benzene rings is 2. The van der Waals surface area contributed by atoms with Crippen LogP contribution in [0.15, 0.2) is 66.9 Å². The molecule has 2 aromatic carbocycles. The minimum absolute atomic E-state index is 0.704. The van der Waals surface area contributed by atoms with Gasteiger partial charge in [0, 0.05) is 27.5 Å². The number of aryl methyl sites for hydroxylation is 1. The number of aromatic nitrogens is 2. The second-order valence-corrected chi connectivity index (χ2v) is 6.76. The summed E-state index contributed by atoms with van der Waals surface area (Å²) < 4.78 is 2.06. The van der Waals surface area contributed by atoms with E-state index in [0.29, 0.717) is 10.0 Å². The Hall–Kier alpha value is -2.49. The molecule has 124 valence electrons. The van der Waals surface area contributed by atoms with Crippen molar-refractivity contribution >= 4 is 40.4 Å². The van der Waals surface area contributed by atoms with Crippen LogP contribution in [0.1, 0.15) is 5.56 Å². The standard InChI is InChI=1S/C20H15Cl2N3/c1-13-2-11-18-24-19(14-3-5-15(21)6-4-14)20(25(18)12-13)23-17-9-7-16(22)8-10-17/h2-12,23H,1H3. The second-order valence-electron chi connectivity index (χ2n) is 5.88. The number of imidazole rings is 1. The highest BCUT2D eigenvalue weighted by molar-refractivity contribution is 6.30. The van der Waals surface area contributed by atoms with E-state index in [1.54, 1.807) is 0 Å². The molecule has 3 nitrogen and oxygen atoms in total. The van der Waals surface area contributed by atoms with Crippen molar-refractivity contribution in [3.05, 3.63) is 82.5 Å². The van der Waals surface area contributed by atoms with E-state index in [1.165, 1.54) is 0 Å². The Morgan fingerprint density at radius 2 is 1.48 bits per heavy atom. The highest BCUT2D eigenvalue weighted by Gasteiger charge is 2.14. The van der Waals surface area contributed by atoms with Crippen LogP contribution in [0, 0.1) is 6.92 Å². The SMILES string of the molecule is Cc1ccc2nc(-c3ccc(Cl)cc3)c(Nc3ccc(Cl)cc3)n2c1. The molecule has 0 bridgehead atoms. The predicted octanol–water partition coefficient (Wildman–Crippen LogP) is 6.36. The van der Waals surface area contributed by atoms with Crippen LogP contribution >= 0.6 is 23.2 Å². The Morgan fingerprint density at radius 1 is 0.840 bits per heavy atom. The quantitative estimate of drug-likeness (QED) is 0.456. The highest BCUT2D eigenvalue weighted by atomic mass is 35.5. The minimum atomic E-state index is 0.704. The molecule has 4 rings (SSSR count). The number of rotatable bonds is 3. The number of hydrogen-bond donors (Lipinski definition) is 1. The normalized spacial score (nSPS) is 11.0. The molecule has 0 saturated heterocycles. The minimum Gasteiger partial charge on any atom is -0.339 e. The van der Waals surface area contributed by atoms with Crippen molar-refractivity contribution in [2.75, 3.05) is 5.32 Å². The molecule has 0 aliphatic rings. The summed E-state index contributed by atoms with van der Waals surface area (Å²) in [6.07, 6.45) is 2.07. The molecular weight excluding hydrogens is 353 g/mol. The van der Waals surface area contributed by atoms with Crippen LogP contribution in [-0.4, -0.2) is 9.38 Å². The molecule has 25 heavy (non-hydrogen) atoms. The van der Waals surface area contributed by atoms with Crippen LogP contribution in [0.2, 0.25) is 10.0 Å². The number of hydrogen-bond acceptors (Lipinski definition) is 2. The van der Waals surface area contributed by atoms with Gasteiger partial charge in [0.1, 0.15) is 17.2 Å². The van der Waals surface area contributed by atoms with Crippen LogP contribution < -0.4 is 5.32 Å². The first-order valence-electron chi connectivity index (χ1n) is 7.87. The third-order valence-electron chi connectivity index (χ3n) is 3.99. The second kappa shape index (κ2) is 6.43. The summed E-state index contributed by atoms with van der Waals surface area (Å²) in [5, 5.41) is 4.88. The molecule has 5 heteroatoms. The third-order valence-corrected chi connectivity index (χ3v) is 4.49. The molecule has 0 spiro atoms. The van der Waals surface area contributed by atoms with Crippen molar-refractivity contribution in [2.45, 2.75) is 6.92 Å². The van der Waals surface area contributed by atoms with Gasteiger partial charge in [0.2, 0.25) is 0 Å². The Morgan fingerprint density at radius 3 is 2.16 bits per heavy atom. The zero-order valence-electron chi connectivity index (χ0n) is 13.5. The van der Waals surface area contributed by atoms with Gasteiger partial charge in [0.15, 0.2) is 0 Å². The van der Waals surface area contributed by atoms with Crippen molar-refractivity contribution in [1.29, 1.82) is 0 Å². The summed E-state index contributed by atoms with van der Waals surface area (Å²) in [4.78, 5) is 4.80. The lowest BCUT2D eigenvalue weighted by atomic mass is 10.1. The summed E-state index contributed by atoms with van der Waals surface area (Å²) in [6.45, 7) is 2.06. The maximum atomic E-state index is 6.03. The maximum Gasteiger partial charge on any atom is 0.143 e. The van der Waals surface area contributed by atoms with E-state index in [0.717, 1.165) is 34.0 Å². The van der Waals surface area contributed by atoms with Gasteiger partial charge in [-0.1, -0.05) is 41.4 Å². The molecule has 4 aromatic rings. The molecule has 0 aliphatic carbocycles. The van der Waals surface area contributed by atoms with Gasteiger partial charge in [0.05, 0.1) is 0 Å². The number of halogens is 2. The van der Waals surface area contributed by atoms with E-state index in [4.69, 9.17) is 28.2 Å². The summed E-state index contributed by atoms with van der Waals surface area (Å²) in [7, 11) is 0. The van der Waals surface area contributed by atoms with Crippen molar-refractivity contribution < 1.29 is 0 Å². The molecule has 1 N–H and O–H groups in total. The van der Waals surface area contributed by atoms with Gasteiger partial charge in [-0.15, -0.1) is 0 Å². The Balaban J connectivity index is 1.89. The largest absolute Gasteiger partial charge is 0.339 e. The van der Waals surface area contributed by atoms with Crippen molar-refractivity contribution in [3.63, 3.8) is 0 Å². The van der Waals surface area contributed by atoms with E-state index in [9.17, 15) is 0 Å². The first kappa shape index (κ1) is 16.0. The van der Waals surface area contributed by atoms with Crippen LogP contribution in [-0.2, 0) is 0 Å². The van der Waals surface area contributed by atoms with E-state index >= 15 is 0 Å².